The van der Waals surface area contributed by atoms with E-state index in [-0.39, 0.29) is 11.5 Å². The van der Waals surface area contributed by atoms with Crippen LogP contribution in [0.25, 0.3) is 0 Å². The standard InChI is InChI=1S/C18H26N4O4S/c1-4-10-25-17-8-7-16(22(23)24)18(20-17)19-9-11-27-13-15-6-5-14(26-15)12-21(2)3/h5-8H,4,9-13H2,1-3H3,(H,19,20). The van der Waals surface area contributed by atoms with Gasteiger partial charge in [0, 0.05) is 24.4 Å². The van der Waals surface area contributed by atoms with Crippen LogP contribution in [0.4, 0.5) is 11.5 Å². The number of furan rings is 1. The van der Waals surface area contributed by atoms with Crippen molar-refractivity contribution < 1.29 is 14.1 Å². The van der Waals surface area contributed by atoms with E-state index in [0.29, 0.717) is 19.0 Å². The minimum atomic E-state index is -0.443. The fourth-order valence-corrected chi connectivity index (χ4v) is 3.06. The second-order valence-electron chi connectivity index (χ2n) is 6.21. The van der Waals surface area contributed by atoms with E-state index >= 15 is 0 Å². The molecule has 27 heavy (non-hydrogen) atoms. The maximum Gasteiger partial charge on any atom is 0.311 e. The Morgan fingerprint density at radius 1 is 1.30 bits per heavy atom. The topological polar surface area (TPSA) is 93.7 Å². The molecule has 2 heterocycles. The number of nitrogens with one attached hydrogen (secondary N) is 1. The molecule has 148 valence electrons. The van der Waals surface area contributed by atoms with Gasteiger partial charge in [-0.15, -0.1) is 0 Å². The minimum Gasteiger partial charge on any atom is -0.478 e. The predicted octanol–water partition coefficient (Wildman–Crippen LogP) is 3.78. The zero-order valence-electron chi connectivity index (χ0n) is 15.9. The van der Waals surface area contributed by atoms with E-state index in [4.69, 9.17) is 9.15 Å². The minimum absolute atomic E-state index is 0.0526. The van der Waals surface area contributed by atoms with Crippen molar-refractivity contribution in [1.82, 2.24) is 9.88 Å². The zero-order valence-corrected chi connectivity index (χ0v) is 16.8. The summed E-state index contributed by atoms with van der Waals surface area (Å²) in [5.74, 6) is 4.02. The van der Waals surface area contributed by atoms with Crippen LogP contribution < -0.4 is 10.1 Å². The summed E-state index contributed by atoms with van der Waals surface area (Å²) in [6.45, 7) is 3.85. The van der Waals surface area contributed by atoms with Crippen LogP contribution in [0.15, 0.2) is 28.7 Å². The molecule has 0 saturated heterocycles. The van der Waals surface area contributed by atoms with Crippen molar-refractivity contribution in [1.29, 1.82) is 0 Å². The van der Waals surface area contributed by atoms with Gasteiger partial charge in [-0.3, -0.25) is 10.1 Å². The first-order valence-corrected chi connectivity index (χ1v) is 9.97. The van der Waals surface area contributed by atoms with Crippen LogP contribution in [0.3, 0.4) is 0 Å². The molecule has 2 rings (SSSR count). The van der Waals surface area contributed by atoms with Gasteiger partial charge in [0.1, 0.15) is 11.5 Å². The molecule has 0 bridgehead atoms. The number of nitro groups is 1. The fraction of sp³-hybridized carbons (Fsp3) is 0.500. The van der Waals surface area contributed by atoms with Crippen molar-refractivity contribution >= 4 is 23.3 Å². The first kappa shape index (κ1) is 21.0. The average molecular weight is 394 g/mol. The molecule has 0 unspecified atom stereocenters. The number of thioether (sulfide) groups is 1. The summed E-state index contributed by atoms with van der Waals surface area (Å²) >= 11 is 1.69. The van der Waals surface area contributed by atoms with Gasteiger partial charge in [-0.05, 0) is 32.6 Å². The summed E-state index contributed by atoms with van der Waals surface area (Å²) in [6.07, 6.45) is 0.848. The second kappa shape index (κ2) is 10.8. The monoisotopic (exact) mass is 394 g/mol. The summed E-state index contributed by atoms with van der Waals surface area (Å²) in [5.41, 5.74) is -0.0526. The normalized spacial score (nSPS) is 11.0. The molecule has 9 heteroatoms. The highest BCUT2D eigenvalue weighted by atomic mass is 32.2. The van der Waals surface area contributed by atoms with E-state index in [2.05, 4.69) is 15.2 Å². The molecule has 0 radical (unpaired) electrons. The summed E-state index contributed by atoms with van der Waals surface area (Å²) in [7, 11) is 4.00. The van der Waals surface area contributed by atoms with E-state index in [1.807, 2.05) is 33.2 Å². The molecule has 0 atom stereocenters. The van der Waals surface area contributed by atoms with E-state index in [9.17, 15) is 10.1 Å². The molecular formula is C18H26N4O4S. The molecule has 0 amide bonds. The van der Waals surface area contributed by atoms with Gasteiger partial charge >= 0.3 is 5.69 Å². The number of hydrogen-bond acceptors (Lipinski definition) is 8. The number of aromatic nitrogens is 1. The van der Waals surface area contributed by atoms with Crippen LogP contribution in [0, 0.1) is 10.1 Å². The first-order valence-electron chi connectivity index (χ1n) is 8.81. The van der Waals surface area contributed by atoms with Crippen molar-refractivity contribution in [2.75, 3.05) is 38.3 Å². The second-order valence-corrected chi connectivity index (χ2v) is 7.31. The Hall–Kier alpha value is -2.26. The maximum absolute atomic E-state index is 11.2. The Bertz CT molecular complexity index is 736. The van der Waals surface area contributed by atoms with Gasteiger partial charge in [-0.2, -0.15) is 16.7 Å². The molecule has 0 aliphatic heterocycles. The van der Waals surface area contributed by atoms with Gasteiger partial charge in [0.25, 0.3) is 0 Å². The molecule has 8 nitrogen and oxygen atoms in total. The third-order valence-corrected chi connectivity index (χ3v) is 4.45. The lowest BCUT2D eigenvalue weighted by Gasteiger charge is -2.09. The first-order chi connectivity index (χ1) is 13.0. The molecule has 0 aliphatic carbocycles. The number of ether oxygens (including phenoxy) is 1. The largest absolute Gasteiger partial charge is 0.478 e. The molecule has 1 N–H and O–H groups in total. The van der Waals surface area contributed by atoms with Crippen LogP contribution in [0.1, 0.15) is 24.9 Å². The highest BCUT2D eigenvalue weighted by molar-refractivity contribution is 7.98. The average Bonchev–Trinajstić information content (AvgIpc) is 3.06. The zero-order chi connectivity index (χ0) is 19.6. The maximum atomic E-state index is 11.2. The van der Waals surface area contributed by atoms with Crippen molar-refractivity contribution in [2.24, 2.45) is 0 Å². The van der Waals surface area contributed by atoms with Gasteiger partial charge in [-0.25, -0.2) is 0 Å². The van der Waals surface area contributed by atoms with Gasteiger partial charge in [0.05, 0.1) is 23.8 Å². The predicted molar refractivity (Wildman–Crippen MR) is 107 cm³/mol. The molecule has 0 saturated carbocycles. The van der Waals surface area contributed by atoms with E-state index in [0.717, 1.165) is 36.0 Å². The molecule has 0 aliphatic rings. The smallest absolute Gasteiger partial charge is 0.311 e. The highest BCUT2D eigenvalue weighted by Gasteiger charge is 2.16. The van der Waals surface area contributed by atoms with Gasteiger partial charge in [0.2, 0.25) is 11.7 Å². The van der Waals surface area contributed by atoms with Crippen LogP contribution >= 0.6 is 11.8 Å². The van der Waals surface area contributed by atoms with E-state index < -0.39 is 4.92 Å². The Balaban J connectivity index is 1.81. The molecule has 2 aromatic heterocycles. The third kappa shape index (κ3) is 7.10. The van der Waals surface area contributed by atoms with Gasteiger partial charge < -0.3 is 19.4 Å². The van der Waals surface area contributed by atoms with Crippen LogP contribution in [-0.4, -0.2) is 47.8 Å². The van der Waals surface area contributed by atoms with Crippen LogP contribution in [0.2, 0.25) is 0 Å². The highest BCUT2D eigenvalue weighted by Crippen LogP contribution is 2.25. The molecular weight excluding hydrogens is 368 g/mol. The summed E-state index contributed by atoms with van der Waals surface area (Å²) in [5, 5.41) is 14.2. The fourth-order valence-electron chi connectivity index (χ4n) is 2.31. The lowest BCUT2D eigenvalue weighted by Crippen LogP contribution is -2.09. The van der Waals surface area contributed by atoms with E-state index in [1.54, 1.807) is 11.8 Å². The Morgan fingerprint density at radius 3 is 2.78 bits per heavy atom. The van der Waals surface area contributed by atoms with Crippen LogP contribution in [-0.2, 0) is 12.3 Å². The molecule has 0 spiro atoms. The molecule has 0 aromatic carbocycles. The quantitative estimate of drug-likeness (QED) is 0.330. The Labute approximate surface area is 163 Å². The van der Waals surface area contributed by atoms with Gasteiger partial charge in [0.15, 0.2) is 0 Å². The number of rotatable bonds is 12. The van der Waals surface area contributed by atoms with Gasteiger partial charge in [-0.1, -0.05) is 6.92 Å². The summed E-state index contributed by atoms with van der Waals surface area (Å²) in [6, 6.07) is 6.92. The number of anilines is 1. The number of hydrogen-bond donors (Lipinski definition) is 1. The third-order valence-electron chi connectivity index (χ3n) is 3.47. The van der Waals surface area contributed by atoms with E-state index in [1.165, 1.54) is 12.1 Å². The van der Waals surface area contributed by atoms with Crippen LogP contribution in [0.5, 0.6) is 5.88 Å². The van der Waals surface area contributed by atoms with Crippen molar-refractivity contribution in [3.63, 3.8) is 0 Å². The van der Waals surface area contributed by atoms with Crippen molar-refractivity contribution in [3.05, 3.63) is 45.9 Å². The number of pyridine rings is 1. The Morgan fingerprint density at radius 2 is 2.07 bits per heavy atom. The van der Waals surface area contributed by atoms with Crippen molar-refractivity contribution in [2.45, 2.75) is 25.6 Å². The lowest BCUT2D eigenvalue weighted by atomic mass is 10.4. The number of nitrogens with zero attached hydrogens (tertiary/aromatic N) is 3. The summed E-state index contributed by atoms with van der Waals surface area (Å²) < 4.78 is 11.2. The summed E-state index contributed by atoms with van der Waals surface area (Å²) in [4.78, 5) is 17.0. The molecule has 0 fully saturated rings. The lowest BCUT2D eigenvalue weighted by molar-refractivity contribution is -0.384. The Kier molecular flexibility index (Phi) is 8.41. The van der Waals surface area contributed by atoms with Crippen molar-refractivity contribution in [3.8, 4) is 5.88 Å². The SMILES string of the molecule is CCCOc1ccc([N+](=O)[O-])c(NCCSCc2ccc(CN(C)C)o2)n1. The molecule has 2 aromatic rings.